The molecule has 0 aliphatic carbocycles. The molecule has 0 N–H and O–H groups in total. The van der Waals surface area contributed by atoms with Gasteiger partial charge in [0.1, 0.15) is 0 Å². The second kappa shape index (κ2) is 6.61. The number of fused-ring (bicyclic) bond motifs is 4. The van der Waals surface area contributed by atoms with E-state index >= 15 is 0 Å². The summed E-state index contributed by atoms with van der Waals surface area (Å²) in [5.41, 5.74) is 1.32. The smallest absolute Gasteiger partial charge is 0.289 e. The maximum Gasteiger partial charge on any atom is 0.289 e. The first-order valence-electron chi connectivity index (χ1n) is 8.27. The van der Waals surface area contributed by atoms with Gasteiger partial charge in [-0.15, -0.1) is 0 Å². The quantitative estimate of drug-likeness (QED) is 0.800. The Morgan fingerprint density at radius 1 is 1.09 bits per heavy atom. The van der Waals surface area contributed by atoms with Crippen molar-refractivity contribution in [2.45, 2.75) is 38.8 Å². The second-order valence-electron chi connectivity index (χ2n) is 6.50. The highest BCUT2D eigenvalue weighted by atomic mass is 16.2. The van der Waals surface area contributed by atoms with Crippen LogP contribution in [-0.2, 0) is 16.1 Å². The number of amides is 1. The van der Waals surface area contributed by atoms with Gasteiger partial charge in [0.15, 0.2) is 0 Å². The first-order chi connectivity index (χ1) is 10.7. The molecular formula is C18H24N2O2. The summed E-state index contributed by atoms with van der Waals surface area (Å²) in [5, 5.41) is 0. The zero-order valence-corrected chi connectivity index (χ0v) is 13.2. The Balaban J connectivity index is 1.70. The van der Waals surface area contributed by atoms with Crippen molar-refractivity contribution in [1.82, 2.24) is 9.80 Å². The molecule has 118 valence electrons. The fourth-order valence-electron chi connectivity index (χ4n) is 3.68. The van der Waals surface area contributed by atoms with Crippen molar-refractivity contribution in [3.63, 3.8) is 0 Å². The predicted octanol–water partition coefficient (Wildman–Crippen LogP) is 2.09. The van der Waals surface area contributed by atoms with E-state index < -0.39 is 0 Å². The van der Waals surface area contributed by atoms with Gasteiger partial charge in [0.05, 0.1) is 0 Å². The Morgan fingerprint density at radius 2 is 1.86 bits per heavy atom. The summed E-state index contributed by atoms with van der Waals surface area (Å²) in [7, 11) is 0. The molecule has 2 bridgehead atoms. The Morgan fingerprint density at radius 3 is 2.59 bits per heavy atom. The lowest BCUT2D eigenvalue weighted by atomic mass is 9.94. The summed E-state index contributed by atoms with van der Waals surface area (Å²) in [4.78, 5) is 28.2. The van der Waals surface area contributed by atoms with E-state index in [0.29, 0.717) is 24.9 Å². The molecule has 4 rings (SSSR count). The highest BCUT2D eigenvalue weighted by Gasteiger charge is 2.37. The standard InChI is InChI=1S/C18H24N2O2/c1-2-17(21)18(22)20-12-15-8-9-16(13-20)19(11-15)10-14-6-4-3-5-7-14/h3-7,15-16H,2,8-13H2,1H3/t15-,16-/m0/s1. The van der Waals surface area contributed by atoms with Crippen LogP contribution in [0.4, 0.5) is 0 Å². The SMILES string of the molecule is CCC(=O)C(=O)N1C[C@H]2CC[C@@H](C1)N(Cc1ccccc1)C2. The minimum absolute atomic E-state index is 0.254. The summed E-state index contributed by atoms with van der Waals surface area (Å²) in [6.07, 6.45) is 2.60. The highest BCUT2D eigenvalue weighted by Crippen LogP contribution is 2.29. The third kappa shape index (κ3) is 3.22. The summed E-state index contributed by atoms with van der Waals surface area (Å²) in [5.74, 6) is -0.0343. The molecule has 0 unspecified atom stereocenters. The van der Waals surface area contributed by atoms with Gasteiger partial charge in [-0.05, 0) is 24.3 Å². The van der Waals surface area contributed by atoms with Crippen LogP contribution in [0, 0.1) is 5.92 Å². The highest BCUT2D eigenvalue weighted by molar-refractivity contribution is 6.35. The zero-order valence-electron chi connectivity index (χ0n) is 13.2. The van der Waals surface area contributed by atoms with Gasteiger partial charge in [0.25, 0.3) is 5.91 Å². The molecule has 1 aromatic rings. The minimum atomic E-state index is -0.277. The minimum Gasteiger partial charge on any atom is -0.334 e. The van der Waals surface area contributed by atoms with Crippen molar-refractivity contribution in [2.75, 3.05) is 19.6 Å². The van der Waals surface area contributed by atoms with E-state index in [4.69, 9.17) is 0 Å². The normalized spacial score (nSPS) is 25.0. The number of Topliss-reactive ketones (excluding diaryl/α,β-unsaturated/α-hetero) is 1. The molecule has 1 amide bonds. The van der Waals surface area contributed by atoms with Gasteiger partial charge >= 0.3 is 0 Å². The summed E-state index contributed by atoms with van der Waals surface area (Å²) >= 11 is 0. The second-order valence-corrected chi connectivity index (χ2v) is 6.50. The fourth-order valence-corrected chi connectivity index (χ4v) is 3.68. The van der Waals surface area contributed by atoms with Crippen LogP contribution in [-0.4, -0.2) is 47.2 Å². The van der Waals surface area contributed by atoms with Crippen LogP contribution >= 0.6 is 0 Å². The summed E-state index contributed by atoms with van der Waals surface area (Å²) in [6, 6.07) is 10.9. The monoisotopic (exact) mass is 300 g/mol. The maximum absolute atomic E-state index is 12.2. The molecule has 0 saturated carbocycles. The molecule has 3 aliphatic rings. The molecule has 4 nitrogen and oxygen atoms in total. The Labute approximate surface area is 132 Å². The van der Waals surface area contributed by atoms with Gasteiger partial charge in [-0.2, -0.15) is 0 Å². The van der Waals surface area contributed by atoms with E-state index in [0.717, 1.165) is 26.1 Å². The largest absolute Gasteiger partial charge is 0.334 e. The number of carbonyl (C=O) groups excluding carboxylic acids is 2. The molecular weight excluding hydrogens is 276 g/mol. The van der Waals surface area contributed by atoms with Crippen molar-refractivity contribution < 1.29 is 9.59 Å². The van der Waals surface area contributed by atoms with Crippen LogP contribution in [0.5, 0.6) is 0 Å². The van der Waals surface area contributed by atoms with Crippen molar-refractivity contribution in [2.24, 2.45) is 5.92 Å². The van der Waals surface area contributed by atoms with Gasteiger partial charge < -0.3 is 4.90 Å². The average Bonchev–Trinajstić information content (AvgIpc) is 2.86. The van der Waals surface area contributed by atoms with Crippen molar-refractivity contribution in [3.05, 3.63) is 35.9 Å². The Bertz CT molecular complexity index is 543. The van der Waals surface area contributed by atoms with Crippen LogP contribution in [0.3, 0.4) is 0 Å². The first-order valence-corrected chi connectivity index (χ1v) is 8.27. The van der Waals surface area contributed by atoms with E-state index in [1.165, 1.54) is 12.0 Å². The molecule has 3 saturated heterocycles. The number of hydrogen-bond donors (Lipinski definition) is 0. The number of ketones is 1. The molecule has 1 aromatic carbocycles. The van der Waals surface area contributed by atoms with Gasteiger partial charge in [0.2, 0.25) is 5.78 Å². The fraction of sp³-hybridized carbons (Fsp3) is 0.556. The van der Waals surface area contributed by atoms with Crippen LogP contribution < -0.4 is 0 Å². The first kappa shape index (κ1) is 15.2. The molecule has 3 heterocycles. The van der Waals surface area contributed by atoms with Gasteiger partial charge in [0, 0.05) is 38.6 Å². The lowest BCUT2D eigenvalue weighted by Crippen LogP contribution is -2.44. The maximum atomic E-state index is 12.2. The van der Waals surface area contributed by atoms with Crippen LogP contribution in [0.25, 0.3) is 0 Å². The third-order valence-corrected chi connectivity index (χ3v) is 4.90. The number of benzene rings is 1. The molecule has 22 heavy (non-hydrogen) atoms. The lowest BCUT2D eigenvalue weighted by Gasteiger charge is -2.36. The number of nitrogens with zero attached hydrogens (tertiary/aromatic N) is 2. The molecule has 3 fully saturated rings. The molecule has 3 aliphatic heterocycles. The number of carbonyl (C=O) groups is 2. The molecule has 0 aromatic heterocycles. The van der Waals surface area contributed by atoms with Crippen molar-refractivity contribution in [3.8, 4) is 0 Å². The van der Waals surface area contributed by atoms with Crippen molar-refractivity contribution in [1.29, 1.82) is 0 Å². The average molecular weight is 300 g/mol. The van der Waals surface area contributed by atoms with Crippen LogP contribution in [0.1, 0.15) is 31.7 Å². The third-order valence-electron chi connectivity index (χ3n) is 4.90. The van der Waals surface area contributed by atoms with Gasteiger partial charge in [-0.25, -0.2) is 0 Å². The topological polar surface area (TPSA) is 40.6 Å². The van der Waals surface area contributed by atoms with E-state index in [9.17, 15) is 9.59 Å². The van der Waals surface area contributed by atoms with Gasteiger partial charge in [-0.3, -0.25) is 14.5 Å². The van der Waals surface area contributed by atoms with E-state index in [2.05, 4.69) is 29.2 Å². The lowest BCUT2D eigenvalue weighted by molar-refractivity contribution is -0.144. The van der Waals surface area contributed by atoms with E-state index in [1.54, 1.807) is 11.8 Å². The van der Waals surface area contributed by atoms with Gasteiger partial charge in [-0.1, -0.05) is 37.3 Å². The molecule has 0 spiro atoms. The number of piperidine rings is 1. The Kier molecular flexibility index (Phi) is 4.57. The number of rotatable bonds is 4. The molecule has 4 heteroatoms. The van der Waals surface area contributed by atoms with E-state index in [1.807, 2.05) is 6.07 Å². The van der Waals surface area contributed by atoms with Crippen LogP contribution in [0.2, 0.25) is 0 Å². The van der Waals surface area contributed by atoms with E-state index in [-0.39, 0.29) is 11.7 Å². The molecule has 0 radical (unpaired) electrons. The predicted molar refractivity (Wildman–Crippen MR) is 85.2 cm³/mol. The summed E-state index contributed by atoms with van der Waals surface area (Å²) in [6.45, 7) is 5.17. The Hall–Kier alpha value is -1.68. The molecule has 2 atom stereocenters. The zero-order chi connectivity index (χ0) is 15.5. The van der Waals surface area contributed by atoms with Crippen molar-refractivity contribution >= 4 is 11.7 Å². The van der Waals surface area contributed by atoms with Crippen LogP contribution in [0.15, 0.2) is 30.3 Å². The summed E-state index contributed by atoms with van der Waals surface area (Å²) < 4.78 is 0. The number of hydrogen-bond acceptors (Lipinski definition) is 3.